The number of sulfone groups is 1. The highest BCUT2D eigenvalue weighted by atomic mass is 32.2. The first-order chi connectivity index (χ1) is 6.98. The van der Waals surface area contributed by atoms with E-state index in [2.05, 4.69) is 5.32 Å². The first-order valence-electron chi connectivity index (χ1n) is 5.10. The second kappa shape index (κ2) is 4.94. The standard InChI is InChI=1S/C9H17NO4S/c1-2-7(5-11)9(12)10-8-3-4-15(13,14)6-8/h7-8,11H,2-6H2,1H3,(H,10,12). The zero-order chi connectivity index (χ0) is 11.5. The molecule has 88 valence electrons. The first kappa shape index (κ1) is 12.4. The summed E-state index contributed by atoms with van der Waals surface area (Å²) in [6.07, 6.45) is 1.04. The van der Waals surface area contributed by atoms with Gasteiger partial charge >= 0.3 is 0 Å². The summed E-state index contributed by atoms with van der Waals surface area (Å²) in [5.41, 5.74) is 0. The van der Waals surface area contributed by atoms with Crippen molar-refractivity contribution >= 4 is 15.7 Å². The highest BCUT2D eigenvalue weighted by Gasteiger charge is 2.30. The number of carbonyl (C=O) groups is 1. The lowest BCUT2D eigenvalue weighted by molar-refractivity contribution is -0.126. The molecule has 1 aliphatic heterocycles. The van der Waals surface area contributed by atoms with Crippen molar-refractivity contribution in [3.63, 3.8) is 0 Å². The van der Waals surface area contributed by atoms with Gasteiger partial charge in [0.15, 0.2) is 9.84 Å². The van der Waals surface area contributed by atoms with E-state index in [9.17, 15) is 13.2 Å². The third-order valence-corrected chi connectivity index (χ3v) is 4.43. The summed E-state index contributed by atoms with van der Waals surface area (Å²) in [6, 6.07) is -0.275. The molecule has 2 atom stereocenters. The van der Waals surface area contributed by atoms with Crippen LogP contribution < -0.4 is 5.32 Å². The van der Waals surface area contributed by atoms with E-state index in [1.165, 1.54) is 0 Å². The molecular weight excluding hydrogens is 218 g/mol. The molecule has 0 aromatic carbocycles. The fourth-order valence-electron chi connectivity index (χ4n) is 1.63. The number of rotatable bonds is 4. The SMILES string of the molecule is CCC(CO)C(=O)NC1CCS(=O)(=O)C1. The molecule has 2 N–H and O–H groups in total. The maximum atomic E-state index is 11.5. The van der Waals surface area contributed by atoms with E-state index in [4.69, 9.17) is 5.11 Å². The Balaban J connectivity index is 2.46. The number of aliphatic hydroxyl groups excluding tert-OH is 1. The van der Waals surface area contributed by atoms with Gasteiger partial charge in [-0.2, -0.15) is 0 Å². The van der Waals surface area contributed by atoms with Crippen LogP contribution in [0.5, 0.6) is 0 Å². The van der Waals surface area contributed by atoms with Crippen LogP contribution in [-0.2, 0) is 14.6 Å². The second-order valence-electron chi connectivity index (χ2n) is 3.90. The molecule has 6 heteroatoms. The van der Waals surface area contributed by atoms with Crippen molar-refractivity contribution in [3.8, 4) is 0 Å². The topological polar surface area (TPSA) is 83.5 Å². The third kappa shape index (κ3) is 3.46. The number of carbonyl (C=O) groups excluding carboxylic acids is 1. The zero-order valence-electron chi connectivity index (χ0n) is 8.77. The summed E-state index contributed by atoms with van der Waals surface area (Å²) >= 11 is 0. The largest absolute Gasteiger partial charge is 0.396 e. The van der Waals surface area contributed by atoms with Crippen LogP contribution >= 0.6 is 0 Å². The Morgan fingerprint density at radius 2 is 2.27 bits per heavy atom. The van der Waals surface area contributed by atoms with Crippen LogP contribution in [0.3, 0.4) is 0 Å². The minimum Gasteiger partial charge on any atom is -0.396 e. The molecule has 1 amide bonds. The van der Waals surface area contributed by atoms with E-state index in [0.717, 1.165) is 0 Å². The number of hydrogen-bond acceptors (Lipinski definition) is 4. The Bertz CT molecular complexity index is 321. The predicted octanol–water partition coefficient (Wildman–Crippen LogP) is -0.692. The summed E-state index contributed by atoms with van der Waals surface area (Å²) in [4.78, 5) is 11.5. The quantitative estimate of drug-likeness (QED) is 0.675. The molecule has 15 heavy (non-hydrogen) atoms. The van der Waals surface area contributed by atoms with Gasteiger partial charge in [0.1, 0.15) is 0 Å². The van der Waals surface area contributed by atoms with E-state index in [-0.39, 0.29) is 30.1 Å². The highest BCUT2D eigenvalue weighted by molar-refractivity contribution is 7.91. The maximum absolute atomic E-state index is 11.5. The van der Waals surface area contributed by atoms with Crippen molar-refractivity contribution in [1.82, 2.24) is 5.32 Å². The van der Waals surface area contributed by atoms with Gasteiger partial charge in [-0.3, -0.25) is 4.79 Å². The van der Waals surface area contributed by atoms with Crippen LogP contribution in [-0.4, -0.2) is 43.6 Å². The second-order valence-corrected chi connectivity index (χ2v) is 6.13. The van der Waals surface area contributed by atoms with Gasteiger partial charge in [-0.05, 0) is 12.8 Å². The Kier molecular flexibility index (Phi) is 4.10. The Morgan fingerprint density at radius 3 is 2.67 bits per heavy atom. The summed E-state index contributed by atoms with van der Waals surface area (Å²) in [7, 11) is -2.96. The smallest absolute Gasteiger partial charge is 0.225 e. The summed E-state index contributed by atoms with van der Waals surface area (Å²) in [5, 5.41) is 11.6. The fourth-order valence-corrected chi connectivity index (χ4v) is 3.30. The molecule has 0 bridgehead atoms. The number of aliphatic hydroxyl groups is 1. The van der Waals surface area contributed by atoms with Gasteiger partial charge in [0.05, 0.1) is 24.0 Å². The van der Waals surface area contributed by atoms with Crippen LogP contribution in [0.25, 0.3) is 0 Å². The normalized spacial score (nSPS) is 26.1. The number of hydrogen-bond donors (Lipinski definition) is 2. The van der Waals surface area contributed by atoms with Crippen molar-refractivity contribution in [2.24, 2.45) is 5.92 Å². The van der Waals surface area contributed by atoms with Crippen LogP contribution in [0.15, 0.2) is 0 Å². The molecule has 1 fully saturated rings. The molecule has 0 spiro atoms. The van der Waals surface area contributed by atoms with Gasteiger partial charge in [0.2, 0.25) is 5.91 Å². The van der Waals surface area contributed by atoms with E-state index < -0.39 is 15.8 Å². The average molecular weight is 235 g/mol. The Morgan fingerprint density at radius 1 is 1.60 bits per heavy atom. The molecule has 1 aliphatic rings. The lowest BCUT2D eigenvalue weighted by Crippen LogP contribution is -2.40. The van der Waals surface area contributed by atoms with Crippen LogP contribution in [0, 0.1) is 5.92 Å². The van der Waals surface area contributed by atoms with Crippen molar-refractivity contribution in [2.45, 2.75) is 25.8 Å². The summed E-state index contributed by atoms with van der Waals surface area (Å²) < 4.78 is 22.3. The van der Waals surface area contributed by atoms with Crippen molar-refractivity contribution in [2.75, 3.05) is 18.1 Å². The Hall–Kier alpha value is -0.620. The zero-order valence-corrected chi connectivity index (χ0v) is 9.59. The average Bonchev–Trinajstić information content (AvgIpc) is 2.47. The molecule has 0 saturated carbocycles. The fraction of sp³-hybridized carbons (Fsp3) is 0.889. The van der Waals surface area contributed by atoms with E-state index in [1.54, 1.807) is 0 Å². The van der Waals surface area contributed by atoms with Crippen molar-refractivity contribution in [3.05, 3.63) is 0 Å². The molecule has 5 nitrogen and oxygen atoms in total. The van der Waals surface area contributed by atoms with Crippen molar-refractivity contribution in [1.29, 1.82) is 0 Å². The minimum absolute atomic E-state index is 0.0284. The molecule has 1 rings (SSSR count). The number of amides is 1. The van der Waals surface area contributed by atoms with Gasteiger partial charge < -0.3 is 10.4 Å². The molecule has 0 radical (unpaired) electrons. The van der Waals surface area contributed by atoms with Gasteiger partial charge in [-0.25, -0.2) is 8.42 Å². The van der Waals surface area contributed by atoms with E-state index >= 15 is 0 Å². The number of nitrogens with one attached hydrogen (secondary N) is 1. The molecular formula is C9H17NO4S. The lowest BCUT2D eigenvalue weighted by Gasteiger charge is -2.15. The third-order valence-electron chi connectivity index (χ3n) is 2.66. The van der Waals surface area contributed by atoms with Crippen molar-refractivity contribution < 1.29 is 18.3 Å². The molecule has 0 aromatic heterocycles. The predicted molar refractivity (Wildman–Crippen MR) is 56.1 cm³/mol. The highest BCUT2D eigenvalue weighted by Crippen LogP contribution is 2.12. The van der Waals surface area contributed by atoms with Gasteiger partial charge in [0, 0.05) is 6.04 Å². The van der Waals surface area contributed by atoms with Crippen LogP contribution in [0.1, 0.15) is 19.8 Å². The van der Waals surface area contributed by atoms with E-state index in [1.807, 2.05) is 6.92 Å². The monoisotopic (exact) mass is 235 g/mol. The van der Waals surface area contributed by atoms with E-state index in [0.29, 0.717) is 12.8 Å². The first-order valence-corrected chi connectivity index (χ1v) is 6.92. The molecule has 0 aliphatic carbocycles. The molecule has 0 aromatic rings. The van der Waals surface area contributed by atoms with Gasteiger partial charge in [-0.1, -0.05) is 6.92 Å². The maximum Gasteiger partial charge on any atom is 0.225 e. The van der Waals surface area contributed by atoms with Crippen LogP contribution in [0.4, 0.5) is 0 Å². The Labute approximate surface area is 89.8 Å². The molecule has 1 saturated heterocycles. The van der Waals surface area contributed by atoms with Gasteiger partial charge in [0.25, 0.3) is 0 Å². The summed E-state index contributed by atoms with van der Waals surface area (Å²) in [5.74, 6) is -0.496. The molecule has 1 heterocycles. The lowest BCUT2D eigenvalue weighted by atomic mass is 10.1. The minimum atomic E-state index is -2.96. The molecule has 2 unspecified atom stereocenters. The van der Waals surface area contributed by atoms with Gasteiger partial charge in [-0.15, -0.1) is 0 Å². The summed E-state index contributed by atoms with van der Waals surface area (Å²) in [6.45, 7) is 1.62. The van der Waals surface area contributed by atoms with Crippen LogP contribution in [0.2, 0.25) is 0 Å².